The van der Waals surface area contributed by atoms with Crippen molar-refractivity contribution in [1.29, 1.82) is 0 Å². The van der Waals surface area contributed by atoms with E-state index in [1.54, 1.807) is 12.1 Å². The Morgan fingerprint density at radius 3 is 2.48 bits per heavy atom. The Morgan fingerprint density at radius 1 is 1.24 bits per heavy atom. The summed E-state index contributed by atoms with van der Waals surface area (Å²) in [6.07, 6.45) is 1.11. The van der Waals surface area contributed by atoms with Crippen LogP contribution in [0.1, 0.15) is 14.5 Å². The van der Waals surface area contributed by atoms with Gasteiger partial charge in [-0.25, -0.2) is 13.4 Å². The van der Waals surface area contributed by atoms with Crippen LogP contribution in [-0.2, 0) is 10.0 Å². The summed E-state index contributed by atoms with van der Waals surface area (Å²) in [5.74, 6) is 0. The second-order valence-corrected chi connectivity index (χ2v) is 9.64. The van der Waals surface area contributed by atoms with Crippen LogP contribution in [0.2, 0.25) is 0 Å². The lowest BCUT2D eigenvalue weighted by molar-refractivity contribution is 0.109. The minimum Gasteiger partial charge on any atom is -0.284 e. The Hall–Kier alpha value is -1.68. The first kappa shape index (κ1) is 18.1. The van der Waals surface area contributed by atoms with Crippen LogP contribution in [0.5, 0.6) is 0 Å². The van der Waals surface area contributed by atoms with Gasteiger partial charge in [0.05, 0.1) is 16.8 Å². The van der Waals surface area contributed by atoms with Crippen LogP contribution >= 0.6 is 35.3 Å². The van der Waals surface area contributed by atoms with Crippen molar-refractivity contribution in [2.45, 2.75) is 6.92 Å². The lowest BCUT2D eigenvalue weighted by atomic mass is 10.1. The third-order valence-corrected chi connectivity index (χ3v) is 6.27. The van der Waals surface area contributed by atoms with E-state index >= 15 is 0 Å². The van der Waals surface area contributed by atoms with Crippen molar-refractivity contribution in [3.05, 3.63) is 45.5 Å². The number of hydrogen-bond acceptors (Lipinski definition) is 6. The smallest absolute Gasteiger partial charge is 0.229 e. The van der Waals surface area contributed by atoms with E-state index in [2.05, 4.69) is 22.3 Å². The molecule has 9 heteroatoms. The van der Waals surface area contributed by atoms with Crippen LogP contribution in [0.3, 0.4) is 0 Å². The van der Waals surface area contributed by atoms with E-state index in [1.165, 1.54) is 22.7 Å². The molecule has 0 spiro atoms. The van der Waals surface area contributed by atoms with Crippen LogP contribution in [-0.4, -0.2) is 24.8 Å². The number of hydrogen-bond donors (Lipinski definition) is 2. The van der Waals surface area contributed by atoms with E-state index in [0.29, 0.717) is 10.6 Å². The predicted octanol–water partition coefficient (Wildman–Crippen LogP) is 4.29. The molecule has 0 amide bonds. The van der Waals surface area contributed by atoms with Crippen LogP contribution in [0.25, 0.3) is 21.8 Å². The summed E-state index contributed by atoms with van der Waals surface area (Å²) in [6, 6.07) is 8.84. The molecule has 3 rings (SSSR count). The molecular weight excluding hydrogens is 396 g/mol. The number of nitrogens with zero attached hydrogens (tertiary/aromatic N) is 1. The first-order valence-corrected chi connectivity index (χ1v) is 11.1. The maximum absolute atomic E-state index is 11.4. The highest BCUT2D eigenvalue weighted by Gasteiger charge is 2.14. The van der Waals surface area contributed by atoms with Gasteiger partial charge in [0.1, 0.15) is 5.01 Å². The Morgan fingerprint density at radius 2 is 1.92 bits per heavy atom. The maximum atomic E-state index is 11.4. The molecule has 0 aliphatic carbocycles. The molecule has 2 aromatic heterocycles. The van der Waals surface area contributed by atoms with Crippen molar-refractivity contribution in [2.75, 3.05) is 11.0 Å². The van der Waals surface area contributed by atoms with Gasteiger partial charge < -0.3 is 0 Å². The summed E-state index contributed by atoms with van der Waals surface area (Å²) in [5.41, 5.74) is 3.14. The van der Waals surface area contributed by atoms with Gasteiger partial charge in [-0.2, -0.15) is 0 Å². The minimum absolute atomic E-state index is 0.245. The highest BCUT2D eigenvalue weighted by atomic mass is 32.2. The van der Waals surface area contributed by atoms with Gasteiger partial charge in [-0.05, 0) is 25.1 Å². The van der Waals surface area contributed by atoms with Crippen LogP contribution < -0.4 is 4.72 Å². The summed E-state index contributed by atoms with van der Waals surface area (Å²) in [5, 5.41) is 2.53. The molecule has 25 heavy (non-hydrogen) atoms. The third-order valence-electron chi connectivity index (χ3n) is 3.35. The third kappa shape index (κ3) is 4.30. The molecule has 1 aromatic carbocycles. The average Bonchev–Trinajstić information content (AvgIpc) is 3.13. The van der Waals surface area contributed by atoms with Crippen LogP contribution in [0, 0.1) is 6.92 Å². The van der Waals surface area contributed by atoms with Crippen molar-refractivity contribution in [3.63, 3.8) is 0 Å². The summed E-state index contributed by atoms with van der Waals surface area (Å²) in [6.45, 7) is 1.95. The number of sulfonamides is 1. The first-order chi connectivity index (χ1) is 11.7. The summed E-state index contributed by atoms with van der Waals surface area (Å²) < 4.78 is 24.9. The Labute approximate surface area is 159 Å². The zero-order valence-electron chi connectivity index (χ0n) is 13.3. The number of carbonyl (C=O) groups is 1. The van der Waals surface area contributed by atoms with Gasteiger partial charge in [-0.3, -0.25) is 9.52 Å². The minimum atomic E-state index is -3.29. The lowest BCUT2D eigenvalue weighted by Gasteiger charge is -2.04. The highest BCUT2D eigenvalue weighted by molar-refractivity contribution is 7.97. The fraction of sp³-hybridized carbons (Fsp3) is 0.125. The molecule has 0 saturated heterocycles. The largest absolute Gasteiger partial charge is 0.284 e. The molecule has 0 atom stereocenters. The topological polar surface area (TPSA) is 76.1 Å². The molecule has 1 N–H and O–H groups in total. The molecule has 3 aromatic rings. The SMILES string of the molecule is Cc1sc(C(=O)S)cc1-c1nc(-c2ccc(NS(C)(=O)=O)cc2)cs1. The fourth-order valence-electron chi connectivity index (χ4n) is 2.25. The van der Waals surface area contributed by atoms with Crippen molar-refractivity contribution in [1.82, 2.24) is 4.98 Å². The molecule has 5 nitrogen and oxygen atoms in total. The van der Waals surface area contributed by atoms with Gasteiger partial charge in [-0.15, -0.1) is 22.7 Å². The van der Waals surface area contributed by atoms with E-state index in [0.717, 1.165) is 33.0 Å². The van der Waals surface area contributed by atoms with Crippen molar-refractivity contribution < 1.29 is 13.2 Å². The number of carbonyl (C=O) groups excluding carboxylic acids is 1. The Bertz CT molecular complexity index is 1030. The zero-order valence-corrected chi connectivity index (χ0v) is 16.7. The molecule has 0 aliphatic heterocycles. The number of aromatic nitrogens is 1. The van der Waals surface area contributed by atoms with E-state index in [1.807, 2.05) is 30.5 Å². The predicted molar refractivity (Wildman–Crippen MR) is 107 cm³/mol. The standard InChI is InChI=1S/C16H14N2O3S4/c1-9-12(7-14(24-9)16(19)22)15-17-13(8-23-15)10-3-5-11(6-4-10)18-25(2,20)21/h3-8,18H,1-2H3,(H,19,22). The van der Waals surface area contributed by atoms with Gasteiger partial charge in [0.15, 0.2) is 0 Å². The second kappa shape index (κ2) is 6.91. The van der Waals surface area contributed by atoms with Crippen LogP contribution in [0.15, 0.2) is 35.7 Å². The molecule has 0 saturated carbocycles. The van der Waals surface area contributed by atoms with Crippen molar-refractivity contribution in [3.8, 4) is 21.8 Å². The number of aryl methyl sites for hydroxylation is 1. The molecule has 0 fully saturated rings. The summed E-state index contributed by atoms with van der Waals surface area (Å²) in [4.78, 5) is 17.7. The van der Waals surface area contributed by atoms with Gasteiger partial charge >= 0.3 is 0 Å². The molecular formula is C16H14N2O3S4. The Balaban J connectivity index is 1.88. The number of anilines is 1. The van der Waals surface area contributed by atoms with E-state index in [9.17, 15) is 13.2 Å². The molecule has 0 bridgehead atoms. The van der Waals surface area contributed by atoms with Crippen molar-refractivity contribution >= 4 is 56.1 Å². The highest BCUT2D eigenvalue weighted by Crippen LogP contribution is 2.35. The number of benzene rings is 1. The fourth-order valence-corrected chi connectivity index (χ4v) is 4.84. The maximum Gasteiger partial charge on any atom is 0.229 e. The molecule has 130 valence electrons. The number of thiol groups is 1. The first-order valence-electron chi connectivity index (χ1n) is 7.11. The zero-order chi connectivity index (χ0) is 18.2. The quantitative estimate of drug-likeness (QED) is 0.615. The van der Waals surface area contributed by atoms with Gasteiger partial charge in [0, 0.05) is 27.1 Å². The number of thiophene rings is 1. The van der Waals surface area contributed by atoms with Gasteiger partial charge in [0.2, 0.25) is 15.1 Å². The molecule has 0 unspecified atom stereocenters. The number of thiazole rings is 1. The Kier molecular flexibility index (Phi) is 5.01. The van der Waals surface area contributed by atoms with E-state index in [4.69, 9.17) is 0 Å². The van der Waals surface area contributed by atoms with E-state index < -0.39 is 10.0 Å². The van der Waals surface area contributed by atoms with Gasteiger partial charge in [0.25, 0.3) is 0 Å². The number of nitrogens with one attached hydrogen (secondary N) is 1. The van der Waals surface area contributed by atoms with E-state index in [-0.39, 0.29) is 5.12 Å². The van der Waals surface area contributed by atoms with Gasteiger partial charge in [-0.1, -0.05) is 24.8 Å². The molecule has 2 heterocycles. The molecule has 0 radical (unpaired) electrons. The van der Waals surface area contributed by atoms with Crippen LogP contribution in [0.4, 0.5) is 5.69 Å². The van der Waals surface area contributed by atoms with Crippen molar-refractivity contribution in [2.24, 2.45) is 0 Å². The lowest BCUT2D eigenvalue weighted by Crippen LogP contribution is -2.09. The molecule has 0 aliphatic rings. The summed E-state index contributed by atoms with van der Waals surface area (Å²) in [7, 11) is -3.29. The monoisotopic (exact) mass is 410 g/mol. The average molecular weight is 411 g/mol. The number of rotatable bonds is 5. The normalized spacial score (nSPS) is 11.5. The second-order valence-electron chi connectivity index (χ2n) is 5.38. The summed E-state index contributed by atoms with van der Waals surface area (Å²) >= 11 is 6.77.